The van der Waals surface area contributed by atoms with Crippen molar-refractivity contribution in [3.63, 3.8) is 0 Å². The summed E-state index contributed by atoms with van der Waals surface area (Å²) in [6.45, 7) is 4.95. The van der Waals surface area contributed by atoms with Crippen LogP contribution < -0.4 is 5.32 Å². The maximum Gasteiger partial charge on any atom is 0.329 e. The molecule has 2 aromatic rings. The van der Waals surface area contributed by atoms with E-state index >= 15 is 0 Å². The fourth-order valence-corrected chi connectivity index (χ4v) is 2.90. The van der Waals surface area contributed by atoms with E-state index in [1.165, 1.54) is 30.4 Å². The lowest BCUT2D eigenvalue weighted by Crippen LogP contribution is -2.56. The number of nitrogens with one attached hydrogen (secondary N) is 1. The van der Waals surface area contributed by atoms with Crippen LogP contribution in [0.3, 0.4) is 0 Å². The third kappa shape index (κ3) is 3.97. The molecule has 0 fully saturated rings. The molecule has 1 aromatic carbocycles. The lowest BCUT2D eigenvalue weighted by molar-refractivity contribution is -0.148. The first kappa shape index (κ1) is 18.1. The molecule has 2 N–H and O–H groups in total. The fourth-order valence-electron chi connectivity index (χ4n) is 2.09. The molecule has 1 atom stereocenters. The van der Waals surface area contributed by atoms with E-state index in [1.807, 2.05) is 0 Å². The van der Waals surface area contributed by atoms with E-state index in [0.29, 0.717) is 16.3 Å². The van der Waals surface area contributed by atoms with Gasteiger partial charge in [0.1, 0.15) is 16.4 Å². The first-order valence-electron chi connectivity index (χ1n) is 7.47. The van der Waals surface area contributed by atoms with Gasteiger partial charge in [-0.1, -0.05) is 26.0 Å². The van der Waals surface area contributed by atoms with Gasteiger partial charge in [-0.05, 0) is 25.0 Å². The minimum atomic E-state index is -1.33. The number of carbonyl (C=O) groups is 2. The molecule has 0 aliphatic heterocycles. The summed E-state index contributed by atoms with van der Waals surface area (Å²) in [5, 5.41) is 14.2. The van der Waals surface area contributed by atoms with Gasteiger partial charge >= 0.3 is 5.97 Å². The van der Waals surface area contributed by atoms with Gasteiger partial charge in [0, 0.05) is 10.9 Å². The molecule has 1 unspecified atom stereocenters. The summed E-state index contributed by atoms with van der Waals surface area (Å²) >= 11 is 1.31. The molecule has 1 heterocycles. The molecule has 0 aliphatic carbocycles. The topological polar surface area (TPSA) is 79.3 Å². The highest BCUT2D eigenvalue weighted by Crippen LogP contribution is 2.24. The zero-order valence-electron chi connectivity index (χ0n) is 13.7. The van der Waals surface area contributed by atoms with Gasteiger partial charge < -0.3 is 10.4 Å². The summed E-state index contributed by atoms with van der Waals surface area (Å²) in [5.41, 5.74) is -0.171. The summed E-state index contributed by atoms with van der Waals surface area (Å²) in [7, 11) is 0. The van der Waals surface area contributed by atoms with E-state index in [-0.39, 0.29) is 18.2 Å². The Hall–Kier alpha value is -2.28. The second-order valence-electron chi connectivity index (χ2n) is 6.04. The van der Waals surface area contributed by atoms with Crippen molar-refractivity contribution in [2.75, 3.05) is 0 Å². The first-order chi connectivity index (χ1) is 11.2. The molecular formula is C17H19FN2O3S. The summed E-state index contributed by atoms with van der Waals surface area (Å²) in [6.07, 6.45) is -0.0264. The van der Waals surface area contributed by atoms with Crippen molar-refractivity contribution in [3.8, 4) is 10.6 Å². The maximum absolute atomic E-state index is 13.3. The van der Waals surface area contributed by atoms with E-state index in [2.05, 4.69) is 10.3 Å². The highest BCUT2D eigenvalue weighted by atomic mass is 32.1. The summed E-state index contributed by atoms with van der Waals surface area (Å²) < 4.78 is 13.3. The smallest absolute Gasteiger partial charge is 0.329 e. The number of hydrogen-bond donors (Lipinski definition) is 2. The van der Waals surface area contributed by atoms with E-state index in [1.54, 1.807) is 31.4 Å². The summed E-state index contributed by atoms with van der Waals surface area (Å²) in [4.78, 5) is 27.9. The number of aliphatic carboxylic acids is 1. The van der Waals surface area contributed by atoms with Gasteiger partial charge in [-0.3, -0.25) is 4.79 Å². The van der Waals surface area contributed by atoms with Gasteiger partial charge in [-0.2, -0.15) is 0 Å². The predicted octanol–water partition coefficient (Wildman–Crippen LogP) is 3.11. The van der Waals surface area contributed by atoms with E-state index in [4.69, 9.17) is 0 Å². The zero-order valence-corrected chi connectivity index (χ0v) is 14.5. The predicted molar refractivity (Wildman–Crippen MR) is 90.2 cm³/mol. The maximum atomic E-state index is 13.3. The van der Waals surface area contributed by atoms with Crippen LogP contribution in [0.15, 0.2) is 29.6 Å². The number of halogens is 1. The number of rotatable bonds is 6. The van der Waals surface area contributed by atoms with Crippen molar-refractivity contribution in [2.45, 2.75) is 32.7 Å². The number of hydrogen-bond acceptors (Lipinski definition) is 4. The Kier molecular flexibility index (Phi) is 5.33. The van der Waals surface area contributed by atoms with Crippen LogP contribution in [-0.4, -0.2) is 27.5 Å². The van der Waals surface area contributed by atoms with Gasteiger partial charge in [0.05, 0.1) is 12.1 Å². The second-order valence-corrected chi connectivity index (χ2v) is 6.90. The second kappa shape index (κ2) is 7.09. The molecule has 24 heavy (non-hydrogen) atoms. The van der Waals surface area contributed by atoms with Crippen molar-refractivity contribution in [1.82, 2.24) is 10.3 Å². The van der Waals surface area contributed by atoms with Crippen LogP contribution in [0.2, 0.25) is 0 Å². The fraction of sp³-hybridized carbons (Fsp3) is 0.353. The molecule has 0 saturated carbocycles. The van der Waals surface area contributed by atoms with Crippen LogP contribution in [0.25, 0.3) is 10.6 Å². The molecule has 0 spiro atoms. The normalized spacial score (nSPS) is 13.5. The quantitative estimate of drug-likeness (QED) is 0.839. The Morgan fingerprint density at radius 1 is 1.42 bits per heavy atom. The van der Waals surface area contributed by atoms with Gasteiger partial charge in [-0.25, -0.2) is 14.2 Å². The molecule has 0 aliphatic rings. The lowest BCUT2D eigenvalue weighted by Gasteiger charge is -2.30. The number of nitrogens with zero attached hydrogens (tertiary/aromatic N) is 1. The van der Waals surface area contributed by atoms with Crippen molar-refractivity contribution >= 4 is 23.2 Å². The average Bonchev–Trinajstić information content (AvgIpc) is 2.95. The Balaban J connectivity index is 2.09. The lowest BCUT2D eigenvalue weighted by atomic mass is 9.88. The van der Waals surface area contributed by atoms with Crippen LogP contribution in [0.4, 0.5) is 4.39 Å². The van der Waals surface area contributed by atoms with E-state index in [0.717, 1.165) is 0 Å². The third-order valence-electron chi connectivity index (χ3n) is 3.96. The van der Waals surface area contributed by atoms with Crippen molar-refractivity contribution in [2.24, 2.45) is 5.92 Å². The van der Waals surface area contributed by atoms with E-state index < -0.39 is 17.4 Å². The molecule has 5 nitrogen and oxygen atoms in total. The van der Waals surface area contributed by atoms with Crippen LogP contribution in [0.5, 0.6) is 0 Å². The van der Waals surface area contributed by atoms with Crippen molar-refractivity contribution in [3.05, 3.63) is 41.2 Å². The van der Waals surface area contributed by atoms with Gasteiger partial charge in [0.2, 0.25) is 5.91 Å². The van der Waals surface area contributed by atoms with E-state index in [9.17, 15) is 19.1 Å². The number of carboxylic acids is 1. The highest BCUT2D eigenvalue weighted by Gasteiger charge is 2.38. The van der Waals surface area contributed by atoms with Crippen molar-refractivity contribution < 1.29 is 19.1 Å². The largest absolute Gasteiger partial charge is 0.480 e. The third-order valence-corrected chi connectivity index (χ3v) is 4.90. The molecule has 7 heteroatoms. The molecule has 0 saturated heterocycles. The number of carboxylic acid groups (broad SMARTS) is 1. The SMILES string of the molecule is CC(C)C(C)(NC(=O)Cc1csc(-c2cccc(F)c2)n1)C(=O)O. The molecule has 1 aromatic heterocycles. The summed E-state index contributed by atoms with van der Waals surface area (Å²) in [6, 6.07) is 6.07. The van der Waals surface area contributed by atoms with Gasteiger partial charge in [0.25, 0.3) is 0 Å². The molecule has 1 amide bonds. The molecule has 2 rings (SSSR count). The Bertz CT molecular complexity index is 760. The van der Waals surface area contributed by atoms with Crippen LogP contribution in [0, 0.1) is 11.7 Å². The highest BCUT2D eigenvalue weighted by molar-refractivity contribution is 7.13. The Labute approximate surface area is 143 Å². The minimum absolute atomic E-state index is 0.0264. The minimum Gasteiger partial charge on any atom is -0.480 e. The van der Waals surface area contributed by atoms with Crippen molar-refractivity contribution in [1.29, 1.82) is 0 Å². The van der Waals surface area contributed by atoms with Crippen LogP contribution in [0.1, 0.15) is 26.5 Å². The average molecular weight is 350 g/mol. The van der Waals surface area contributed by atoms with Crippen LogP contribution >= 0.6 is 11.3 Å². The zero-order chi connectivity index (χ0) is 17.9. The van der Waals surface area contributed by atoms with Gasteiger partial charge in [-0.15, -0.1) is 11.3 Å². The van der Waals surface area contributed by atoms with Crippen LogP contribution in [-0.2, 0) is 16.0 Å². The number of amides is 1. The Morgan fingerprint density at radius 2 is 2.12 bits per heavy atom. The molecule has 0 bridgehead atoms. The molecule has 0 radical (unpaired) electrons. The standard InChI is InChI=1S/C17H19FN2O3S/c1-10(2)17(3,16(22)23)20-14(21)8-13-9-24-15(19-13)11-5-4-6-12(18)7-11/h4-7,9-10H,8H2,1-3H3,(H,20,21)(H,22,23). The molecule has 128 valence electrons. The summed E-state index contributed by atoms with van der Waals surface area (Å²) in [5.74, 6) is -2.11. The monoisotopic (exact) mass is 350 g/mol. The number of benzene rings is 1. The molecular weight excluding hydrogens is 331 g/mol. The van der Waals surface area contributed by atoms with Gasteiger partial charge in [0.15, 0.2) is 0 Å². The number of thiazole rings is 1. The number of carbonyl (C=O) groups excluding carboxylic acids is 1. The number of aromatic nitrogens is 1. The first-order valence-corrected chi connectivity index (χ1v) is 8.35. The Morgan fingerprint density at radius 3 is 2.71 bits per heavy atom.